The van der Waals surface area contributed by atoms with Gasteiger partial charge in [-0.15, -0.1) is 0 Å². The van der Waals surface area contributed by atoms with Gasteiger partial charge in [-0.05, 0) is 56.1 Å². The molecule has 2 aromatic rings. The number of nitrogens with zero attached hydrogens (tertiary/aromatic N) is 2. The molecule has 0 bridgehead atoms. The van der Waals surface area contributed by atoms with Gasteiger partial charge in [-0.2, -0.15) is 5.10 Å². The van der Waals surface area contributed by atoms with Crippen LogP contribution in [-0.2, 0) is 13.5 Å². The predicted molar refractivity (Wildman–Crippen MR) is 93.8 cm³/mol. The Hall–Kier alpha value is -2.15. The van der Waals surface area contributed by atoms with Crippen molar-refractivity contribution < 1.29 is 9.53 Å². The van der Waals surface area contributed by atoms with Gasteiger partial charge in [0.1, 0.15) is 11.6 Å². The van der Waals surface area contributed by atoms with Crippen molar-refractivity contribution in [3.63, 3.8) is 0 Å². The lowest BCUT2D eigenvalue weighted by atomic mass is 10.2. The molecular weight excluding hydrogens is 324 g/mol. The second-order valence-electron chi connectivity index (χ2n) is 6.06. The van der Waals surface area contributed by atoms with Crippen molar-refractivity contribution in [1.82, 2.24) is 20.1 Å². The number of aromatic nitrogens is 3. The molecule has 1 fully saturated rings. The highest BCUT2D eigenvalue weighted by molar-refractivity contribution is 7.71. The number of hydrogen-bond acceptors (Lipinski definition) is 4. The van der Waals surface area contributed by atoms with E-state index in [1.54, 1.807) is 10.6 Å². The number of carbonyl (C=O) groups is 1. The van der Waals surface area contributed by atoms with Gasteiger partial charge in [0.25, 0.3) is 5.91 Å². The summed E-state index contributed by atoms with van der Waals surface area (Å²) >= 11 is 5.07. The smallest absolute Gasteiger partial charge is 0.251 e. The highest BCUT2D eigenvalue weighted by atomic mass is 32.1. The quantitative estimate of drug-likeness (QED) is 0.789. The molecule has 0 saturated heterocycles. The van der Waals surface area contributed by atoms with E-state index < -0.39 is 0 Å². The first-order valence-electron chi connectivity index (χ1n) is 8.28. The van der Waals surface area contributed by atoms with Gasteiger partial charge < -0.3 is 14.6 Å². The lowest BCUT2D eigenvalue weighted by Gasteiger charge is -2.13. The summed E-state index contributed by atoms with van der Waals surface area (Å²) in [6, 6.07) is 7.37. The lowest BCUT2D eigenvalue weighted by Crippen LogP contribution is -2.26. The van der Waals surface area contributed by atoms with E-state index in [-0.39, 0.29) is 12.0 Å². The molecule has 0 radical (unpaired) electrons. The van der Waals surface area contributed by atoms with Crippen molar-refractivity contribution in [2.24, 2.45) is 7.05 Å². The van der Waals surface area contributed by atoms with Crippen LogP contribution < -0.4 is 10.1 Å². The number of aromatic amines is 1. The van der Waals surface area contributed by atoms with E-state index in [0.29, 0.717) is 23.3 Å². The normalized spacial score (nSPS) is 14.7. The van der Waals surface area contributed by atoms with Crippen LogP contribution in [0.15, 0.2) is 24.3 Å². The van der Waals surface area contributed by atoms with Gasteiger partial charge in [-0.1, -0.05) is 6.07 Å². The van der Waals surface area contributed by atoms with Gasteiger partial charge in [-0.3, -0.25) is 9.89 Å². The summed E-state index contributed by atoms with van der Waals surface area (Å²) in [5.74, 6) is 1.48. The fourth-order valence-corrected chi connectivity index (χ4v) is 3.05. The summed E-state index contributed by atoms with van der Waals surface area (Å²) in [7, 11) is 1.85. The number of rotatable bonds is 6. The number of ether oxygens (including phenoxy) is 1. The fourth-order valence-electron chi connectivity index (χ4n) is 2.90. The third-order valence-electron chi connectivity index (χ3n) is 4.31. The van der Waals surface area contributed by atoms with Crippen LogP contribution in [0.4, 0.5) is 0 Å². The molecular formula is C17H22N4O2S. The number of H-pyrrole nitrogens is 1. The molecule has 7 heteroatoms. The molecule has 0 aliphatic heterocycles. The molecule has 1 aromatic heterocycles. The van der Waals surface area contributed by atoms with Crippen LogP contribution in [-0.4, -0.2) is 33.3 Å². The molecule has 6 nitrogen and oxygen atoms in total. The largest absolute Gasteiger partial charge is 0.490 e. The van der Waals surface area contributed by atoms with E-state index in [1.165, 1.54) is 12.8 Å². The van der Waals surface area contributed by atoms with Crippen LogP contribution in [0.5, 0.6) is 5.75 Å². The lowest BCUT2D eigenvalue weighted by molar-refractivity contribution is 0.0953. The molecule has 1 amide bonds. The molecule has 128 valence electrons. The van der Waals surface area contributed by atoms with Crippen molar-refractivity contribution in [3.05, 3.63) is 40.4 Å². The topological polar surface area (TPSA) is 71.9 Å². The van der Waals surface area contributed by atoms with E-state index in [9.17, 15) is 4.79 Å². The molecule has 0 spiro atoms. The predicted octanol–water partition coefficient (Wildman–Crippen LogP) is 2.77. The monoisotopic (exact) mass is 346 g/mol. The van der Waals surface area contributed by atoms with Gasteiger partial charge >= 0.3 is 0 Å². The number of benzene rings is 1. The number of hydrogen-bond donors (Lipinski definition) is 2. The molecule has 1 aliphatic rings. The SMILES string of the molecule is Cn1c(CCNC(=O)c2cccc(OC3CCCC3)c2)n[nH]c1=S. The zero-order valence-electron chi connectivity index (χ0n) is 13.7. The van der Waals surface area contributed by atoms with Crippen LogP contribution >= 0.6 is 12.2 Å². The average molecular weight is 346 g/mol. The molecule has 0 atom stereocenters. The Morgan fingerprint density at radius 3 is 2.96 bits per heavy atom. The maximum atomic E-state index is 12.3. The summed E-state index contributed by atoms with van der Waals surface area (Å²) in [6.45, 7) is 0.500. The van der Waals surface area contributed by atoms with Gasteiger partial charge in [0, 0.05) is 25.6 Å². The summed E-state index contributed by atoms with van der Waals surface area (Å²) in [5, 5.41) is 9.77. The summed E-state index contributed by atoms with van der Waals surface area (Å²) in [6.07, 6.45) is 5.55. The van der Waals surface area contributed by atoms with E-state index in [0.717, 1.165) is 24.4 Å². The molecule has 2 N–H and O–H groups in total. The highest BCUT2D eigenvalue weighted by Gasteiger charge is 2.17. The third-order valence-corrected chi connectivity index (χ3v) is 4.67. The Bertz CT molecular complexity index is 762. The average Bonchev–Trinajstić information content (AvgIpc) is 3.20. The summed E-state index contributed by atoms with van der Waals surface area (Å²) < 4.78 is 8.33. The third kappa shape index (κ3) is 4.03. The van der Waals surface area contributed by atoms with Crippen LogP contribution in [0, 0.1) is 4.77 Å². The Morgan fingerprint density at radius 2 is 2.25 bits per heavy atom. The Morgan fingerprint density at radius 1 is 1.46 bits per heavy atom. The zero-order valence-corrected chi connectivity index (χ0v) is 14.6. The van der Waals surface area contributed by atoms with Gasteiger partial charge in [-0.25, -0.2) is 0 Å². The molecule has 1 aromatic carbocycles. The van der Waals surface area contributed by atoms with E-state index in [4.69, 9.17) is 17.0 Å². The van der Waals surface area contributed by atoms with E-state index in [2.05, 4.69) is 15.5 Å². The maximum Gasteiger partial charge on any atom is 0.251 e. The van der Waals surface area contributed by atoms with Crippen molar-refractivity contribution >= 4 is 18.1 Å². The van der Waals surface area contributed by atoms with Crippen LogP contribution in [0.2, 0.25) is 0 Å². The second kappa shape index (κ2) is 7.61. The Kier molecular flexibility index (Phi) is 5.30. The molecule has 0 unspecified atom stereocenters. The number of amides is 1. The molecule has 1 saturated carbocycles. The van der Waals surface area contributed by atoms with Gasteiger partial charge in [0.15, 0.2) is 4.77 Å². The molecule has 1 heterocycles. The number of carbonyl (C=O) groups excluding carboxylic acids is 1. The molecule has 1 aliphatic carbocycles. The van der Waals surface area contributed by atoms with Crippen LogP contribution in [0.25, 0.3) is 0 Å². The first-order chi connectivity index (χ1) is 11.6. The molecule has 3 rings (SSSR count). The minimum Gasteiger partial charge on any atom is -0.490 e. The van der Waals surface area contributed by atoms with E-state index in [1.807, 2.05) is 25.2 Å². The first kappa shape index (κ1) is 16.7. The summed E-state index contributed by atoms with van der Waals surface area (Å²) in [4.78, 5) is 12.3. The molecule has 24 heavy (non-hydrogen) atoms. The minimum atomic E-state index is -0.108. The Labute approximate surface area is 146 Å². The Balaban J connectivity index is 1.54. The van der Waals surface area contributed by atoms with Crippen molar-refractivity contribution in [2.75, 3.05) is 6.54 Å². The maximum absolute atomic E-state index is 12.3. The standard InChI is InChI=1S/C17H22N4O2S/c1-21-15(19-20-17(21)24)9-10-18-16(22)12-5-4-8-14(11-12)23-13-6-2-3-7-13/h4-5,8,11,13H,2-3,6-7,9-10H2,1H3,(H,18,22)(H,20,24). The zero-order chi connectivity index (χ0) is 16.9. The first-order valence-corrected chi connectivity index (χ1v) is 8.69. The minimum absolute atomic E-state index is 0.108. The second-order valence-corrected chi connectivity index (χ2v) is 6.45. The number of nitrogens with one attached hydrogen (secondary N) is 2. The summed E-state index contributed by atoms with van der Waals surface area (Å²) in [5.41, 5.74) is 0.612. The van der Waals surface area contributed by atoms with E-state index >= 15 is 0 Å². The van der Waals surface area contributed by atoms with Crippen LogP contribution in [0.3, 0.4) is 0 Å². The van der Waals surface area contributed by atoms with Crippen molar-refractivity contribution in [2.45, 2.75) is 38.2 Å². The van der Waals surface area contributed by atoms with Gasteiger partial charge in [0.2, 0.25) is 0 Å². The van der Waals surface area contributed by atoms with Crippen molar-refractivity contribution in [3.8, 4) is 5.75 Å². The fraction of sp³-hybridized carbons (Fsp3) is 0.471. The highest BCUT2D eigenvalue weighted by Crippen LogP contribution is 2.24. The van der Waals surface area contributed by atoms with Crippen LogP contribution in [0.1, 0.15) is 41.9 Å². The van der Waals surface area contributed by atoms with Crippen molar-refractivity contribution in [1.29, 1.82) is 0 Å². The van der Waals surface area contributed by atoms with Gasteiger partial charge in [0.05, 0.1) is 6.10 Å².